The highest BCUT2D eigenvalue weighted by molar-refractivity contribution is 5.92. The number of aromatic nitrogens is 1. The van der Waals surface area contributed by atoms with E-state index < -0.39 is 12.0 Å². The second-order valence-electron chi connectivity index (χ2n) is 5.68. The van der Waals surface area contributed by atoms with Crippen molar-refractivity contribution >= 4 is 5.91 Å². The van der Waals surface area contributed by atoms with Crippen molar-refractivity contribution in [2.45, 2.75) is 6.10 Å². The molecule has 0 unspecified atom stereocenters. The number of nitrogens with zero attached hydrogens (tertiary/aromatic N) is 1. The molecule has 8 heteroatoms. The maximum Gasteiger partial charge on any atom is 0.273 e. The Morgan fingerprint density at radius 3 is 2.81 bits per heavy atom. The minimum atomic E-state index is -0.897. The maximum absolute atomic E-state index is 12.2. The molecule has 0 saturated carbocycles. The van der Waals surface area contributed by atoms with E-state index in [4.69, 9.17) is 18.4 Å². The van der Waals surface area contributed by atoms with Gasteiger partial charge in [0.2, 0.25) is 5.76 Å². The predicted octanol–water partition coefficient (Wildman–Crippen LogP) is 2.17. The molecule has 1 aliphatic rings. The zero-order valence-corrected chi connectivity index (χ0v) is 13.7. The fourth-order valence-corrected chi connectivity index (χ4v) is 2.58. The Kier molecular flexibility index (Phi) is 4.32. The van der Waals surface area contributed by atoms with Crippen molar-refractivity contribution in [3.8, 4) is 23.0 Å². The van der Waals surface area contributed by atoms with Gasteiger partial charge in [-0.25, -0.2) is 0 Å². The van der Waals surface area contributed by atoms with Gasteiger partial charge in [0.05, 0.1) is 12.4 Å². The van der Waals surface area contributed by atoms with E-state index in [0.717, 1.165) is 0 Å². The highest BCUT2D eigenvalue weighted by Gasteiger charge is 2.18. The van der Waals surface area contributed by atoms with Gasteiger partial charge in [0, 0.05) is 12.6 Å². The molecular weight excluding hydrogens is 340 g/mol. The molecule has 4 rings (SSSR count). The minimum Gasteiger partial charge on any atom is -0.486 e. The quantitative estimate of drug-likeness (QED) is 0.721. The topological polar surface area (TPSA) is 107 Å². The molecule has 1 aromatic carbocycles. The molecule has 2 aromatic heterocycles. The Bertz CT molecular complexity index is 902. The average Bonchev–Trinajstić information content (AvgIpc) is 3.36. The van der Waals surface area contributed by atoms with Crippen molar-refractivity contribution in [2.75, 3.05) is 19.8 Å². The lowest BCUT2D eigenvalue weighted by Crippen LogP contribution is -2.28. The number of ether oxygens (including phenoxy) is 2. The number of aliphatic hydroxyl groups is 1. The van der Waals surface area contributed by atoms with Crippen LogP contribution < -0.4 is 14.8 Å². The van der Waals surface area contributed by atoms with E-state index in [-0.39, 0.29) is 12.2 Å². The van der Waals surface area contributed by atoms with E-state index in [0.29, 0.717) is 41.8 Å². The van der Waals surface area contributed by atoms with Gasteiger partial charge in [0.25, 0.3) is 5.91 Å². The molecule has 0 saturated heterocycles. The standard InChI is InChI=1S/C18H16N2O6/c21-13(11-3-4-15-16(8-11)25-7-6-24-15)10-19-18(22)12-9-17(26-20-12)14-2-1-5-23-14/h1-5,8-9,13,21H,6-7,10H2,(H,19,22)/t13-/m0/s1. The summed E-state index contributed by atoms with van der Waals surface area (Å²) in [7, 11) is 0. The zero-order chi connectivity index (χ0) is 17.9. The van der Waals surface area contributed by atoms with Crippen molar-refractivity contribution in [1.29, 1.82) is 0 Å². The summed E-state index contributed by atoms with van der Waals surface area (Å²) in [5.41, 5.74) is 0.719. The Balaban J connectivity index is 1.38. The third-order valence-electron chi connectivity index (χ3n) is 3.91. The number of amides is 1. The molecule has 3 heterocycles. The highest BCUT2D eigenvalue weighted by atomic mass is 16.6. The van der Waals surface area contributed by atoms with Crippen molar-refractivity contribution in [1.82, 2.24) is 10.5 Å². The van der Waals surface area contributed by atoms with Crippen molar-refractivity contribution < 1.29 is 28.3 Å². The molecule has 8 nitrogen and oxygen atoms in total. The lowest BCUT2D eigenvalue weighted by molar-refractivity contribution is 0.0907. The summed E-state index contributed by atoms with van der Waals surface area (Å²) in [5.74, 6) is 1.60. The number of benzene rings is 1. The van der Waals surface area contributed by atoms with Crippen LogP contribution in [0, 0.1) is 0 Å². The van der Waals surface area contributed by atoms with Gasteiger partial charge in [-0.2, -0.15) is 0 Å². The third-order valence-corrected chi connectivity index (χ3v) is 3.91. The monoisotopic (exact) mass is 356 g/mol. The molecule has 0 aliphatic carbocycles. The van der Waals surface area contributed by atoms with Crippen LogP contribution in [0.15, 0.2) is 51.6 Å². The number of nitrogens with one attached hydrogen (secondary N) is 1. The van der Waals surface area contributed by atoms with E-state index in [2.05, 4.69) is 10.5 Å². The molecule has 26 heavy (non-hydrogen) atoms. The number of rotatable bonds is 5. The molecule has 1 amide bonds. The molecule has 1 atom stereocenters. The fraction of sp³-hybridized carbons (Fsp3) is 0.222. The number of aliphatic hydroxyl groups excluding tert-OH is 1. The summed E-state index contributed by atoms with van der Waals surface area (Å²) in [6.45, 7) is 0.984. The molecule has 0 radical (unpaired) electrons. The number of carbonyl (C=O) groups is 1. The average molecular weight is 356 g/mol. The Hall–Kier alpha value is -3.26. The van der Waals surface area contributed by atoms with Crippen LogP contribution in [0.4, 0.5) is 0 Å². The first kappa shape index (κ1) is 16.2. The van der Waals surface area contributed by atoms with Gasteiger partial charge < -0.3 is 28.8 Å². The molecule has 2 N–H and O–H groups in total. The normalized spacial score (nSPS) is 14.0. The molecule has 3 aromatic rings. The molecule has 134 valence electrons. The van der Waals surface area contributed by atoms with Crippen LogP contribution in [0.1, 0.15) is 22.2 Å². The lowest BCUT2D eigenvalue weighted by atomic mass is 10.1. The third kappa shape index (κ3) is 3.27. The van der Waals surface area contributed by atoms with E-state index in [9.17, 15) is 9.90 Å². The molecule has 1 aliphatic heterocycles. The van der Waals surface area contributed by atoms with Gasteiger partial charge in [0.1, 0.15) is 13.2 Å². The van der Waals surface area contributed by atoms with Crippen LogP contribution in [0.2, 0.25) is 0 Å². The Labute approximate surface area is 148 Å². The van der Waals surface area contributed by atoms with E-state index in [1.54, 1.807) is 30.3 Å². The van der Waals surface area contributed by atoms with Gasteiger partial charge in [-0.1, -0.05) is 11.2 Å². The first-order chi connectivity index (χ1) is 12.7. The number of hydrogen-bond donors (Lipinski definition) is 2. The largest absolute Gasteiger partial charge is 0.486 e. The Morgan fingerprint density at radius 1 is 1.15 bits per heavy atom. The van der Waals surface area contributed by atoms with Gasteiger partial charge in [-0.3, -0.25) is 4.79 Å². The zero-order valence-electron chi connectivity index (χ0n) is 13.7. The highest BCUT2D eigenvalue weighted by Crippen LogP contribution is 2.32. The minimum absolute atomic E-state index is 0.0153. The summed E-state index contributed by atoms with van der Waals surface area (Å²) in [6, 6.07) is 10.1. The summed E-state index contributed by atoms with van der Waals surface area (Å²) in [5, 5.41) is 16.6. The van der Waals surface area contributed by atoms with Crippen molar-refractivity contribution in [3.05, 3.63) is 53.9 Å². The summed E-state index contributed by atoms with van der Waals surface area (Å²) in [4.78, 5) is 12.2. The van der Waals surface area contributed by atoms with Gasteiger partial charge in [0.15, 0.2) is 23.0 Å². The number of fused-ring (bicyclic) bond motifs is 1. The first-order valence-corrected chi connectivity index (χ1v) is 8.07. The number of furan rings is 1. The van der Waals surface area contributed by atoms with Crippen LogP contribution in [-0.2, 0) is 0 Å². The van der Waals surface area contributed by atoms with Gasteiger partial charge in [-0.15, -0.1) is 0 Å². The SMILES string of the molecule is O=C(NC[C@H](O)c1ccc2c(c1)OCCO2)c1cc(-c2ccco2)on1. The van der Waals surface area contributed by atoms with Crippen LogP contribution in [0.5, 0.6) is 11.5 Å². The van der Waals surface area contributed by atoms with Crippen molar-refractivity contribution in [3.63, 3.8) is 0 Å². The van der Waals surface area contributed by atoms with E-state index in [1.807, 2.05) is 0 Å². The van der Waals surface area contributed by atoms with E-state index in [1.165, 1.54) is 12.3 Å². The fourth-order valence-electron chi connectivity index (χ4n) is 2.58. The summed E-state index contributed by atoms with van der Waals surface area (Å²) >= 11 is 0. The molecule has 0 fully saturated rings. The number of hydrogen-bond acceptors (Lipinski definition) is 7. The lowest BCUT2D eigenvalue weighted by Gasteiger charge is -2.20. The van der Waals surface area contributed by atoms with Gasteiger partial charge >= 0.3 is 0 Å². The van der Waals surface area contributed by atoms with Crippen LogP contribution >= 0.6 is 0 Å². The second kappa shape index (κ2) is 6.93. The molecule has 0 bridgehead atoms. The van der Waals surface area contributed by atoms with Crippen LogP contribution in [0.3, 0.4) is 0 Å². The maximum atomic E-state index is 12.2. The molecular formula is C18H16N2O6. The second-order valence-corrected chi connectivity index (χ2v) is 5.68. The predicted molar refractivity (Wildman–Crippen MR) is 88.9 cm³/mol. The van der Waals surface area contributed by atoms with E-state index >= 15 is 0 Å². The van der Waals surface area contributed by atoms with Crippen LogP contribution in [-0.4, -0.2) is 35.9 Å². The summed E-state index contributed by atoms with van der Waals surface area (Å²) in [6.07, 6.45) is 0.604. The van der Waals surface area contributed by atoms with Gasteiger partial charge in [-0.05, 0) is 29.8 Å². The Morgan fingerprint density at radius 2 is 2.00 bits per heavy atom. The molecule has 0 spiro atoms. The number of carbonyl (C=O) groups excluding carboxylic acids is 1. The smallest absolute Gasteiger partial charge is 0.273 e. The van der Waals surface area contributed by atoms with Crippen molar-refractivity contribution in [2.24, 2.45) is 0 Å². The van der Waals surface area contributed by atoms with Crippen LogP contribution in [0.25, 0.3) is 11.5 Å². The first-order valence-electron chi connectivity index (χ1n) is 8.07. The summed E-state index contributed by atoms with van der Waals surface area (Å²) < 4.78 is 21.2.